The predicted octanol–water partition coefficient (Wildman–Crippen LogP) is -7.51. The lowest BCUT2D eigenvalue weighted by atomic mass is 10.0. The largest absolute Gasteiger partial charge is 0.481 e. The Balaban J connectivity index is 2.03. The number of aromatic nitrogens is 3. The number of carboxylic acid groups (broad SMARTS) is 2. The van der Waals surface area contributed by atoms with E-state index in [2.05, 4.69) is 61.8 Å². The summed E-state index contributed by atoms with van der Waals surface area (Å²) in [5.74, 6) is -10.5. The minimum absolute atomic E-state index is 0.0264. The molecule has 3 rings (SSSR count). The summed E-state index contributed by atoms with van der Waals surface area (Å²) in [6.07, 6.45) is 2.77. The molecule has 33 heteroatoms. The lowest BCUT2D eigenvalue weighted by Crippen LogP contribution is -2.61. The van der Waals surface area contributed by atoms with Crippen molar-refractivity contribution >= 4 is 82.1 Å². The predicted molar refractivity (Wildman–Crippen MR) is 284 cm³/mol. The first kappa shape index (κ1) is 64.2. The van der Waals surface area contributed by atoms with E-state index in [0.717, 1.165) is 0 Å². The van der Waals surface area contributed by atoms with Gasteiger partial charge < -0.3 is 108 Å². The van der Waals surface area contributed by atoms with Crippen molar-refractivity contribution in [3.05, 3.63) is 54.2 Å². The number of aliphatic imine (C=N–C) groups is 3. The molecule has 0 aliphatic carbocycles. The number of fused-ring (bicyclic) bond motifs is 1. The quantitative estimate of drug-likeness (QED) is 0.0146. The van der Waals surface area contributed by atoms with E-state index < -0.39 is 121 Å². The second-order valence-electron chi connectivity index (χ2n) is 17.9. The van der Waals surface area contributed by atoms with Gasteiger partial charge in [-0.05, 0) is 56.6 Å². The minimum Gasteiger partial charge on any atom is -0.481 e. The third kappa shape index (κ3) is 23.0. The Morgan fingerprint density at radius 1 is 0.532 bits per heavy atom. The number of amides is 7. The van der Waals surface area contributed by atoms with Crippen LogP contribution in [-0.2, 0) is 56.0 Å². The molecule has 0 spiro atoms. The molecule has 7 amide bonds. The van der Waals surface area contributed by atoms with Gasteiger partial charge in [-0.25, -0.2) is 9.78 Å². The van der Waals surface area contributed by atoms with Crippen molar-refractivity contribution in [2.75, 3.05) is 32.8 Å². The van der Waals surface area contributed by atoms with Crippen LogP contribution in [0.25, 0.3) is 10.9 Å². The van der Waals surface area contributed by atoms with Crippen LogP contribution in [0.5, 0.6) is 0 Å². The number of aliphatic hydroxyl groups is 2. The maximum Gasteiger partial charge on any atom is 0.328 e. The zero-order valence-electron chi connectivity index (χ0n) is 43.1. The number of H-pyrrole nitrogens is 2. The maximum atomic E-state index is 14.5. The van der Waals surface area contributed by atoms with Crippen molar-refractivity contribution in [2.45, 2.75) is 113 Å². The molecule has 27 N–H and O–H groups in total. The number of hydrogen-bond donors (Lipinski definition) is 20. The summed E-state index contributed by atoms with van der Waals surface area (Å²) in [6, 6.07) is -5.44. The van der Waals surface area contributed by atoms with Gasteiger partial charge in [0.25, 0.3) is 0 Å². The Labute approximate surface area is 451 Å². The number of aliphatic hydroxyl groups excluding tert-OH is 2. The molecular weight excluding hydrogens is 1040 g/mol. The van der Waals surface area contributed by atoms with Gasteiger partial charge in [0, 0.05) is 67.9 Å². The molecule has 79 heavy (non-hydrogen) atoms. The average molecular weight is 1110 g/mol. The third-order valence-corrected chi connectivity index (χ3v) is 11.7. The number of para-hydroxylation sites is 1. The van der Waals surface area contributed by atoms with Crippen LogP contribution in [0.3, 0.4) is 0 Å². The number of nitrogens with zero attached hydrogens (tertiary/aromatic N) is 4. The first-order chi connectivity index (χ1) is 37.5. The number of carboxylic acids is 2. The minimum atomic E-state index is -1.79. The molecule has 0 aliphatic heterocycles. The fraction of sp³-hybridized carbons (Fsp3) is 0.500. The number of aromatic amines is 2. The van der Waals surface area contributed by atoms with Crippen LogP contribution >= 0.6 is 0 Å². The molecule has 2 heterocycles. The molecule has 33 nitrogen and oxygen atoms in total. The van der Waals surface area contributed by atoms with Crippen LogP contribution in [0.4, 0.5) is 0 Å². The van der Waals surface area contributed by atoms with Gasteiger partial charge in [0.2, 0.25) is 41.4 Å². The van der Waals surface area contributed by atoms with Gasteiger partial charge in [0.1, 0.15) is 42.3 Å². The van der Waals surface area contributed by atoms with Crippen LogP contribution in [0.15, 0.2) is 58.0 Å². The van der Waals surface area contributed by atoms with Crippen molar-refractivity contribution in [2.24, 2.45) is 55.1 Å². The molecule has 8 atom stereocenters. The smallest absolute Gasteiger partial charge is 0.328 e. The van der Waals surface area contributed by atoms with Crippen LogP contribution in [0.1, 0.15) is 62.6 Å². The van der Waals surface area contributed by atoms with Gasteiger partial charge in [-0.3, -0.25) is 53.3 Å². The number of guanidine groups is 3. The molecule has 0 unspecified atom stereocenters. The Kier molecular flexibility index (Phi) is 26.9. The highest BCUT2D eigenvalue weighted by molar-refractivity contribution is 5.98. The Hall–Kier alpha value is -9.11. The SMILES string of the molecule is NC(N)=NCCC[C@H](NC(=O)[C@H](CCCN=C(N)N)NC(=O)[C@H](Cc1cnc[nH]1)NC(=O)[C@H](CCCN=C(N)N)NC(=O)[C@@H](N)CCC(=O)O)C(=O)N[C@@H](Cc1c[nH]c2ccccc12)C(=O)N[C@@H](CO)C(=O)N[C@@H](CO)C(=O)O. The summed E-state index contributed by atoms with van der Waals surface area (Å²) < 4.78 is 0. The average Bonchev–Trinajstić information content (AvgIpc) is 4.08. The molecule has 3 aromatic rings. The van der Waals surface area contributed by atoms with Crippen molar-refractivity contribution in [3.8, 4) is 0 Å². The molecule has 0 radical (unpaired) electrons. The lowest BCUT2D eigenvalue weighted by Gasteiger charge is -2.28. The maximum absolute atomic E-state index is 14.5. The topological polar surface area (TPSA) is 582 Å². The highest BCUT2D eigenvalue weighted by Crippen LogP contribution is 2.20. The highest BCUT2D eigenvalue weighted by atomic mass is 16.4. The summed E-state index contributed by atoms with van der Waals surface area (Å²) in [7, 11) is 0. The molecular formula is C46H72N20O13. The number of carbonyl (C=O) groups excluding carboxylic acids is 7. The van der Waals surface area contributed by atoms with E-state index in [0.29, 0.717) is 22.2 Å². The Morgan fingerprint density at radius 2 is 0.949 bits per heavy atom. The number of hydrogen-bond acceptors (Lipinski definition) is 16. The van der Waals surface area contributed by atoms with Crippen molar-refractivity contribution in [3.63, 3.8) is 0 Å². The van der Waals surface area contributed by atoms with Gasteiger partial charge in [-0.15, -0.1) is 0 Å². The van der Waals surface area contributed by atoms with Gasteiger partial charge in [0.05, 0.1) is 25.6 Å². The van der Waals surface area contributed by atoms with Crippen LogP contribution in [0.2, 0.25) is 0 Å². The fourth-order valence-electron chi connectivity index (χ4n) is 7.57. The summed E-state index contributed by atoms with van der Waals surface area (Å²) in [6.45, 7) is -2.12. The zero-order valence-corrected chi connectivity index (χ0v) is 43.1. The number of nitrogens with two attached hydrogens (primary N) is 7. The van der Waals surface area contributed by atoms with E-state index in [9.17, 15) is 58.5 Å². The van der Waals surface area contributed by atoms with E-state index in [4.69, 9.17) is 45.2 Å². The van der Waals surface area contributed by atoms with E-state index in [-0.39, 0.29) is 95.3 Å². The summed E-state index contributed by atoms with van der Waals surface area (Å²) in [4.78, 5) is 142. The van der Waals surface area contributed by atoms with Crippen LogP contribution < -0.4 is 77.4 Å². The number of imidazole rings is 1. The third-order valence-electron chi connectivity index (χ3n) is 11.7. The molecule has 0 bridgehead atoms. The van der Waals surface area contributed by atoms with Gasteiger partial charge >= 0.3 is 11.9 Å². The standard InChI is InChI=1S/C46H72N20O13/c47-26(11-12-35(69)70)36(71)60-28(8-3-13-55-44(48)49)38(73)64-32(17-24-19-54-22-59-24)41(76)62-29(9-4-14-56-45(50)51)37(72)61-30(10-5-15-57-46(52)53)39(74)63-31(16-23-18-58-27-7-2-1-6-25(23)27)40(75)65-33(20-67)42(77)66-34(21-68)43(78)79/h1-2,6-7,18-19,22,26,28-34,58,67-68H,3-5,8-17,20-21,47H2,(H,54,59)(H,60,71)(H,61,72)(H,62,76)(H,63,74)(H,64,73)(H,65,75)(H,66,77)(H,69,70)(H,78,79)(H4,48,49,55)(H4,50,51,56)(H4,52,53,57)/t26-,28-,29-,30-,31-,32-,33-,34-/m0/s1. The second kappa shape index (κ2) is 33.1. The monoisotopic (exact) mass is 1110 g/mol. The van der Waals surface area contributed by atoms with Crippen LogP contribution in [-0.4, -0.2) is 188 Å². The molecule has 0 saturated heterocycles. The number of aliphatic carboxylic acids is 2. The second-order valence-corrected chi connectivity index (χ2v) is 17.9. The number of carbonyl (C=O) groups is 9. The summed E-state index contributed by atoms with van der Waals surface area (Å²) in [5.41, 5.74) is 40.5. The fourth-order valence-corrected chi connectivity index (χ4v) is 7.57. The first-order valence-electron chi connectivity index (χ1n) is 24.8. The van der Waals surface area contributed by atoms with Crippen molar-refractivity contribution in [1.82, 2.24) is 52.2 Å². The van der Waals surface area contributed by atoms with Gasteiger partial charge in [-0.1, -0.05) is 18.2 Å². The van der Waals surface area contributed by atoms with E-state index in [1.165, 1.54) is 12.5 Å². The van der Waals surface area contributed by atoms with Crippen molar-refractivity contribution in [1.29, 1.82) is 0 Å². The van der Waals surface area contributed by atoms with Gasteiger partial charge in [0.15, 0.2) is 17.9 Å². The number of rotatable bonds is 36. The number of benzene rings is 1. The zero-order chi connectivity index (χ0) is 58.6. The van der Waals surface area contributed by atoms with Crippen molar-refractivity contribution < 1.29 is 63.6 Å². The molecule has 0 saturated carbocycles. The normalized spacial score (nSPS) is 14.0. The van der Waals surface area contributed by atoms with E-state index in [1.807, 2.05) is 5.32 Å². The Morgan fingerprint density at radius 3 is 1.39 bits per heavy atom. The first-order valence-corrected chi connectivity index (χ1v) is 24.8. The molecule has 0 fully saturated rings. The Bertz CT molecular complexity index is 2610. The molecule has 2 aromatic heterocycles. The summed E-state index contributed by atoms with van der Waals surface area (Å²) >= 11 is 0. The van der Waals surface area contributed by atoms with E-state index in [1.54, 1.807) is 30.5 Å². The molecule has 1 aromatic carbocycles. The molecule has 0 aliphatic rings. The highest BCUT2D eigenvalue weighted by Gasteiger charge is 2.35. The van der Waals surface area contributed by atoms with E-state index >= 15 is 0 Å². The summed E-state index contributed by atoms with van der Waals surface area (Å²) in [5, 5.41) is 55.9. The lowest BCUT2D eigenvalue weighted by molar-refractivity contribution is -0.143. The number of nitrogens with one attached hydrogen (secondary N) is 9. The molecule has 434 valence electrons. The van der Waals surface area contributed by atoms with Gasteiger partial charge in [-0.2, -0.15) is 0 Å². The van der Waals surface area contributed by atoms with Crippen LogP contribution in [0, 0.1) is 0 Å².